The summed E-state index contributed by atoms with van der Waals surface area (Å²) in [5.74, 6) is 1.76. The second-order valence-corrected chi connectivity index (χ2v) is 7.18. The van der Waals surface area contributed by atoms with Gasteiger partial charge in [-0.05, 0) is 50.8 Å². The van der Waals surface area contributed by atoms with Crippen molar-refractivity contribution in [3.63, 3.8) is 0 Å². The summed E-state index contributed by atoms with van der Waals surface area (Å²) >= 11 is 0. The summed E-state index contributed by atoms with van der Waals surface area (Å²) < 4.78 is 11.7. The van der Waals surface area contributed by atoms with Crippen molar-refractivity contribution in [2.45, 2.75) is 24.6 Å². The van der Waals surface area contributed by atoms with Crippen molar-refractivity contribution in [3.05, 3.63) is 60.2 Å². The number of carbonyl (C=O) groups excluding carboxylic acids is 1. The van der Waals surface area contributed by atoms with Crippen LogP contribution in [0, 0.1) is 5.92 Å². The number of carbonyl (C=O) groups is 1. The van der Waals surface area contributed by atoms with E-state index in [1.807, 2.05) is 62.6 Å². The molecule has 1 amide bonds. The van der Waals surface area contributed by atoms with Crippen LogP contribution in [0.3, 0.4) is 0 Å². The number of ether oxygens (including phenoxy) is 2. The van der Waals surface area contributed by atoms with Crippen LogP contribution in [0.15, 0.2) is 54.6 Å². The molecule has 1 saturated carbocycles. The zero-order chi connectivity index (χ0) is 18.1. The molecule has 1 heterocycles. The second-order valence-electron chi connectivity index (χ2n) is 7.18. The third kappa shape index (κ3) is 3.20. The number of likely N-dealkylation sites (N-methyl/N-ethyl adjacent to an activating group) is 1. The van der Waals surface area contributed by atoms with Crippen molar-refractivity contribution in [1.29, 1.82) is 0 Å². The molecule has 1 aliphatic heterocycles. The lowest BCUT2D eigenvalue weighted by atomic mass is 9.71. The SMILES string of the molecule is CN(C)[C@@H]1[C@@H](NC(=O)c2cccc(Oc3ccccc3)c2)[C@H]2CCO[C@H]21. The third-order valence-corrected chi connectivity index (χ3v) is 5.32. The molecule has 2 aromatic rings. The van der Waals surface area contributed by atoms with Crippen LogP contribution in [0.5, 0.6) is 11.5 Å². The van der Waals surface area contributed by atoms with Crippen LogP contribution in [0.4, 0.5) is 0 Å². The van der Waals surface area contributed by atoms with E-state index < -0.39 is 0 Å². The smallest absolute Gasteiger partial charge is 0.251 e. The topological polar surface area (TPSA) is 50.8 Å². The predicted molar refractivity (Wildman–Crippen MR) is 99.5 cm³/mol. The normalized spacial score (nSPS) is 26.9. The van der Waals surface area contributed by atoms with Gasteiger partial charge in [0.2, 0.25) is 0 Å². The van der Waals surface area contributed by atoms with E-state index >= 15 is 0 Å². The van der Waals surface area contributed by atoms with Crippen molar-refractivity contribution >= 4 is 5.91 Å². The largest absolute Gasteiger partial charge is 0.457 e. The van der Waals surface area contributed by atoms with Gasteiger partial charge in [0.1, 0.15) is 11.5 Å². The first kappa shape index (κ1) is 17.1. The summed E-state index contributed by atoms with van der Waals surface area (Å²) in [6.45, 7) is 0.784. The summed E-state index contributed by atoms with van der Waals surface area (Å²) in [5.41, 5.74) is 0.610. The minimum Gasteiger partial charge on any atom is -0.457 e. The molecule has 2 aliphatic rings. The number of fused-ring (bicyclic) bond motifs is 1. The Morgan fingerprint density at radius 3 is 2.65 bits per heavy atom. The van der Waals surface area contributed by atoms with E-state index in [1.54, 1.807) is 6.07 Å². The quantitative estimate of drug-likeness (QED) is 0.899. The van der Waals surface area contributed by atoms with E-state index in [9.17, 15) is 4.79 Å². The molecule has 0 bridgehead atoms. The van der Waals surface area contributed by atoms with Crippen LogP contribution < -0.4 is 10.1 Å². The van der Waals surface area contributed by atoms with Gasteiger partial charge in [-0.3, -0.25) is 4.79 Å². The maximum atomic E-state index is 12.8. The van der Waals surface area contributed by atoms with Crippen LogP contribution in [-0.2, 0) is 4.74 Å². The Kier molecular flexibility index (Phi) is 4.66. The van der Waals surface area contributed by atoms with Gasteiger partial charge in [-0.1, -0.05) is 24.3 Å². The molecule has 4 atom stereocenters. The summed E-state index contributed by atoms with van der Waals surface area (Å²) in [6.07, 6.45) is 1.25. The van der Waals surface area contributed by atoms with E-state index in [2.05, 4.69) is 10.2 Å². The molecule has 0 radical (unpaired) electrons. The first-order chi connectivity index (χ1) is 12.6. The minimum atomic E-state index is -0.0642. The monoisotopic (exact) mass is 352 g/mol. The van der Waals surface area contributed by atoms with Crippen molar-refractivity contribution in [1.82, 2.24) is 10.2 Å². The molecule has 136 valence electrons. The summed E-state index contributed by atoms with van der Waals surface area (Å²) in [4.78, 5) is 14.9. The van der Waals surface area contributed by atoms with E-state index in [0.29, 0.717) is 17.2 Å². The fourth-order valence-corrected chi connectivity index (χ4v) is 4.04. The highest BCUT2D eigenvalue weighted by molar-refractivity contribution is 5.95. The van der Waals surface area contributed by atoms with Crippen molar-refractivity contribution < 1.29 is 14.3 Å². The van der Waals surface area contributed by atoms with Gasteiger partial charge in [0.25, 0.3) is 5.91 Å². The Morgan fingerprint density at radius 1 is 1.12 bits per heavy atom. The molecule has 0 unspecified atom stereocenters. The number of amides is 1. The minimum absolute atomic E-state index is 0.0642. The van der Waals surface area contributed by atoms with E-state index in [-0.39, 0.29) is 24.1 Å². The Balaban J connectivity index is 1.46. The Morgan fingerprint density at radius 2 is 1.88 bits per heavy atom. The van der Waals surface area contributed by atoms with Gasteiger partial charge in [-0.15, -0.1) is 0 Å². The third-order valence-electron chi connectivity index (χ3n) is 5.32. The molecule has 26 heavy (non-hydrogen) atoms. The summed E-state index contributed by atoms with van der Waals surface area (Å²) in [6, 6.07) is 17.2. The highest BCUT2D eigenvalue weighted by atomic mass is 16.5. The summed E-state index contributed by atoms with van der Waals surface area (Å²) in [5, 5.41) is 3.21. The maximum absolute atomic E-state index is 12.8. The van der Waals surface area contributed by atoms with Gasteiger partial charge >= 0.3 is 0 Å². The lowest BCUT2D eigenvalue weighted by molar-refractivity contribution is -0.0664. The van der Waals surface area contributed by atoms with Crippen molar-refractivity contribution in [2.24, 2.45) is 5.92 Å². The molecular weight excluding hydrogens is 328 g/mol. The predicted octanol–water partition coefficient (Wildman–Crippen LogP) is 2.93. The lowest BCUT2D eigenvalue weighted by Gasteiger charge is -2.50. The van der Waals surface area contributed by atoms with Gasteiger partial charge in [0, 0.05) is 18.1 Å². The Labute approximate surface area is 153 Å². The van der Waals surface area contributed by atoms with Gasteiger partial charge < -0.3 is 19.7 Å². The summed E-state index contributed by atoms with van der Waals surface area (Å²) in [7, 11) is 4.08. The number of hydrogen-bond acceptors (Lipinski definition) is 4. The first-order valence-corrected chi connectivity index (χ1v) is 9.05. The molecule has 0 aromatic heterocycles. The molecule has 4 rings (SSSR count). The molecule has 1 N–H and O–H groups in total. The lowest BCUT2D eigenvalue weighted by Crippen LogP contribution is -2.69. The average molecular weight is 352 g/mol. The molecule has 5 nitrogen and oxygen atoms in total. The van der Waals surface area contributed by atoms with Gasteiger partial charge in [0.05, 0.1) is 18.2 Å². The number of benzene rings is 2. The zero-order valence-electron chi connectivity index (χ0n) is 15.1. The number of nitrogens with one attached hydrogen (secondary N) is 1. The number of hydrogen-bond donors (Lipinski definition) is 1. The molecule has 1 aliphatic carbocycles. The standard InChI is InChI=1S/C21H24N2O3/c1-23(2)19-18(17-11-12-25-20(17)19)22-21(24)14-7-6-10-16(13-14)26-15-8-4-3-5-9-15/h3-10,13,17-20H,11-12H2,1-2H3,(H,22,24)/t17-,18+,19-,20-/m1/s1. The van der Waals surface area contributed by atoms with Crippen molar-refractivity contribution in [2.75, 3.05) is 20.7 Å². The molecule has 0 spiro atoms. The highest BCUT2D eigenvalue weighted by Crippen LogP contribution is 2.41. The van der Waals surface area contributed by atoms with E-state index in [0.717, 1.165) is 18.8 Å². The zero-order valence-corrected chi connectivity index (χ0v) is 15.1. The highest BCUT2D eigenvalue weighted by Gasteiger charge is 2.55. The Bertz CT molecular complexity index is 778. The average Bonchev–Trinajstić information content (AvgIpc) is 3.03. The molecule has 2 aromatic carbocycles. The molecule has 5 heteroatoms. The van der Waals surface area contributed by atoms with Gasteiger partial charge in [-0.25, -0.2) is 0 Å². The number of para-hydroxylation sites is 1. The molecule has 1 saturated heterocycles. The number of rotatable bonds is 5. The molecule has 2 fully saturated rings. The second kappa shape index (κ2) is 7.09. The van der Waals surface area contributed by atoms with Gasteiger partial charge in [-0.2, -0.15) is 0 Å². The van der Waals surface area contributed by atoms with Crippen LogP contribution in [0.2, 0.25) is 0 Å². The fourth-order valence-electron chi connectivity index (χ4n) is 4.04. The van der Waals surface area contributed by atoms with E-state index in [1.165, 1.54) is 0 Å². The number of nitrogens with zero attached hydrogens (tertiary/aromatic N) is 1. The first-order valence-electron chi connectivity index (χ1n) is 9.05. The van der Waals surface area contributed by atoms with Crippen LogP contribution >= 0.6 is 0 Å². The van der Waals surface area contributed by atoms with Crippen LogP contribution in [-0.4, -0.2) is 49.7 Å². The van der Waals surface area contributed by atoms with Crippen molar-refractivity contribution in [3.8, 4) is 11.5 Å². The maximum Gasteiger partial charge on any atom is 0.251 e. The fraction of sp³-hybridized carbons (Fsp3) is 0.381. The molecular formula is C21H24N2O3. The van der Waals surface area contributed by atoms with Crippen LogP contribution in [0.1, 0.15) is 16.8 Å². The van der Waals surface area contributed by atoms with Gasteiger partial charge in [0.15, 0.2) is 0 Å². The van der Waals surface area contributed by atoms with Crippen LogP contribution in [0.25, 0.3) is 0 Å². The Hall–Kier alpha value is -2.37. The van der Waals surface area contributed by atoms with E-state index in [4.69, 9.17) is 9.47 Å².